The summed E-state index contributed by atoms with van der Waals surface area (Å²) in [4.78, 5) is 38.5. The molecule has 84 heavy (non-hydrogen) atoms. The minimum Gasteiger partial charge on any atom is -0.497 e. The lowest BCUT2D eigenvalue weighted by Crippen LogP contribution is -2.71. The molecule has 8 atom stereocenters. The number of aliphatic hydroxyl groups excluding tert-OH is 3. The summed E-state index contributed by atoms with van der Waals surface area (Å²) in [5.74, 6) is -18.7. The van der Waals surface area contributed by atoms with Gasteiger partial charge in [-0.05, 0) is 66.6 Å². The molecule has 0 radical (unpaired) electrons. The van der Waals surface area contributed by atoms with Crippen LogP contribution in [0, 0.1) is 0 Å². The third-order valence-corrected chi connectivity index (χ3v) is 11.2. The SMILES string of the molecule is C.CC(F)(F)[C@@H]1NC(=O)[C@@H]1O.CC(F)(F)[C@@H]1NC(=O)[C@@H]1OCc1ccccc1.CCOC(O)C(C)(F)F.COC(O)C(C)(F)F.COc1ccc(N2C(=O)[C@H](OCc3ccccc3)[C@@H]2C(C)(F)F)cc1.COc1ccc(N=CC(C)(F)F)cc1. The van der Waals surface area contributed by atoms with Gasteiger partial charge in [0.2, 0.25) is 12.6 Å². The molecule has 28 heteroatoms. The summed E-state index contributed by atoms with van der Waals surface area (Å²) in [6.07, 6.45) is -7.10. The van der Waals surface area contributed by atoms with Crippen molar-refractivity contribution in [3.05, 3.63) is 120 Å². The Morgan fingerprint density at radius 2 is 1.00 bits per heavy atom. The van der Waals surface area contributed by atoms with E-state index >= 15 is 0 Å². The number of methoxy groups -OCH3 is 3. The second-order valence-corrected chi connectivity index (χ2v) is 18.8. The predicted octanol–water partition coefficient (Wildman–Crippen LogP) is 10.2. The molecule has 5 N–H and O–H groups in total. The first-order valence-electron chi connectivity index (χ1n) is 24.8. The Balaban J connectivity index is 0.000000529. The van der Waals surface area contributed by atoms with Crippen LogP contribution in [-0.4, -0.2) is 152 Å². The van der Waals surface area contributed by atoms with E-state index in [0.717, 1.165) is 43.9 Å². The number of carbonyl (C=O) groups excluding carboxylic acids is 3. The van der Waals surface area contributed by atoms with Gasteiger partial charge in [0.1, 0.15) is 29.6 Å². The fourth-order valence-corrected chi connectivity index (χ4v) is 6.74. The largest absolute Gasteiger partial charge is 0.497 e. The number of β-lactam (4-membered cyclic amide) rings is 3. The van der Waals surface area contributed by atoms with Gasteiger partial charge in [0, 0.05) is 60.9 Å². The van der Waals surface area contributed by atoms with Gasteiger partial charge in [0.15, 0.2) is 18.3 Å². The van der Waals surface area contributed by atoms with Gasteiger partial charge in [-0.15, -0.1) is 0 Å². The lowest BCUT2D eigenvalue weighted by atomic mass is 9.91. The number of hydrogen-bond acceptors (Lipinski definition) is 13. The van der Waals surface area contributed by atoms with Crippen molar-refractivity contribution in [3.63, 3.8) is 0 Å². The summed E-state index contributed by atoms with van der Waals surface area (Å²) < 4.78 is 180. The number of ether oxygens (including phenoxy) is 6. The van der Waals surface area contributed by atoms with Gasteiger partial charge in [0.25, 0.3) is 53.3 Å². The quantitative estimate of drug-likeness (QED) is 0.0257. The summed E-state index contributed by atoms with van der Waals surface area (Å²) >= 11 is 0. The van der Waals surface area contributed by atoms with Gasteiger partial charge in [-0.3, -0.25) is 24.3 Å². The van der Waals surface area contributed by atoms with Crippen molar-refractivity contribution in [2.24, 2.45) is 4.99 Å². The van der Waals surface area contributed by atoms with Crippen LogP contribution in [0.2, 0.25) is 0 Å². The number of aliphatic imine (C=N–C) groups is 1. The third kappa shape index (κ3) is 25.3. The molecule has 3 heterocycles. The summed E-state index contributed by atoms with van der Waals surface area (Å²) in [6, 6.07) is 27.3. The number of halogens is 12. The highest BCUT2D eigenvalue weighted by atomic mass is 19.3. The molecule has 7 rings (SSSR count). The lowest BCUT2D eigenvalue weighted by Gasteiger charge is -2.48. The maximum absolute atomic E-state index is 14.1. The number of aliphatic hydroxyl groups is 3. The standard InChI is InChI=1S/C19H19F2NO3.C12H13F2NO2.C10H11F2NO.C5H7F2NO2.C5H10F2O2.C4H8F2O2.CH4/c1-19(20,21)17-16(25-12-13-6-4-3-5-7-13)18(23)22(17)14-8-10-15(24-2)11-9-14;1-12(13,14)10-9(11(16)15-10)17-7-8-5-3-2-4-6-8;1-10(11,12)7-13-8-3-5-9(14-2)6-4-8;1-5(6,7)3-2(9)4(10)8-3;1-3-9-4(8)5(2,6)7;1-4(5,6)3(7)8-2;/h3-11,16-17H,12H2,1-2H3;2-6,9-10H,7H2,1H3,(H,15,16);3-7H,1-2H3;2-3,9H,1H3,(H,8,10);4,8H,3H2,1-2H3;3,7H,1-2H3;1H4/t16-,17-;9-,10-;;2-,3-;;;/m11.1.../s1. The molecule has 4 aromatic rings. The number of alkyl halides is 12. The van der Waals surface area contributed by atoms with Crippen molar-refractivity contribution >= 4 is 35.3 Å². The topological polar surface area (TPSA) is 207 Å². The highest BCUT2D eigenvalue weighted by Gasteiger charge is 2.59. The number of amides is 3. The minimum absolute atomic E-state index is 0. The molecule has 472 valence electrons. The molecular formula is C56H72F12N4O12. The van der Waals surface area contributed by atoms with E-state index in [4.69, 9.17) is 34.3 Å². The Labute approximate surface area is 479 Å². The van der Waals surface area contributed by atoms with E-state index in [9.17, 15) is 67.1 Å². The number of nitrogens with zero attached hydrogens (tertiary/aromatic N) is 2. The third-order valence-electron chi connectivity index (χ3n) is 11.2. The number of hydrogen-bond donors (Lipinski definition) is 5. The number of nitrogens with one attached hydrogen (secondary N) is 2. The van der Waals surface area contributed by atoms with Gasteiger partial charge < -0.3 is 54.4 Å². The van der Waals surface area contributed by atoms with E-state index in [1.807, 2.05) is 66.0 Å². The van der Waals surface area contributed by atoms with Crippen LogP contribution in [0.3, 0.4) is 0 Å². The van der Waals surface area contributed by atoms with Crippen LogP contribution < -0.4 is 25.0 Å². The Morgan fingerprint density at radius 1 is 0.583 bits per heavy atom. The van der Waals surface area contributed by atoms with Gasteiger partial charge in [0.05, 0.1) is 39.3 Å². The molecule has 2 unspecified atom stereocenters. The number of carbonyl (C=O) groups is 3. The van der Waals surface area contributed by atoms with Crippen molar-refractivity contribution < 1.29 is 111 Å². The summed E-state index contributed by atoms with van der Waals surface area (Å²) in [7, 11) is 4.07. The summed E-state index contributed by atoms with van der Waals surface area (Å²) in [5, 5.41) is 29.3. The smallest absolute Gasteiger partial charge is 0.295 e. The van der Waals surface area contributed by atoms with Crippen LogP contribution in [0.25, 0.3) is 0 Å². The van der Waals surface area contributed by atoms with Crippen molar-refractivity contribution in [1.29, 1.82) is 0 Å². The average Bonchev–Trinajstić information content (AvgIpc) is 3.61. The Morgan fingerprint density at radius 3 is 1.30 bits per heavy atom. The van der Waals surface area contributed by atoms with E-state index in [1.165, 1.54) is 14.0 Å². The molecule has 3 fully saturated rings. The maximum Gasteiger partial charge on any atom is 0.295 e. The molecule has 0 bridgehead atoms. The zero-order valence-corrected chi connectivity index (χ0v) is 46.7. The van der Waals surface area contributed by atoms with Crippen molar-refractivity contribution in [3.8, 4) is 11.5 Å². The summed E-state index contributed by atoms with van der Waals surface area (Å²) in [6.45, 7) is 6.11. The zero-order chi connectivity index (χ0) is 63.3. The molecule has 16 nitrogen and oxygen atoms in total. The normalized spacial score (nSPS) is 20.1. The molecular weight excluding hydrogens is 1150 g/mol. The molecule has 3 saturated heterocycles. The Kier molecular flexibility index (Phi) is 29.8. The predicted molar refractivity (Wildman–Crippen MR) is 286 cm³/mol. The van der Waals surface area contributed by atoms with Crippen molar-refractivity contribution in [2.45, 2.75) is 154 Å². The van der Waals surface area contributed by atoms with E-state index < -0.39 is 102 Å². The lowest BCUT2D eigenvalue weighted by molar-refractivity contribution is -0.223. The van der Waals surface area contributed by atoms with Gasteiger partial charge in [-0.2, -0.15) is 0 Å². The number of rotatable bonds is 19. The molecule has 3 amide bonds. The first-order chi connectivity index (χ1) is 38.3. The van der Waals surface area contributed by atoms with Crippen LogP contribution in [0.15, 0.2) is 114 Å². The van der Waals surface area contributed by atoms with E-state index in [0.29, 0.717) is 49.9 Å². The second-order valence-electron chi connectivity index (χ2n) is 18.8. The van der Waals surface area contributed by atoms with E-state index in [1.54, 1.807) is 55.6 Å². The van der Waals surface area contributed by atoms with Gasteiger partial charge in [-0.25, -0.2) is 52.7 Å². The van der Waals surface area contributed by atoms with Crippen LogP contribution in [-0.2, 0) is 46.5 Å². The fraction of sp³-hybridized carbons (Fsp3) is 0.500. The van der Waals surface area contributed by atoms with Crippen LogP contribution >= 0.6 is 0 Å². The molecule has 3 aliphatic heterocycles. The number of benzene rings is 4. The molecule has 0 aliphatic carbocycles. The highest BCUT2D eigenvalue weighted by molar-refractivity contribution is 6.05. The van der Waals surface area contributed by atoms with E-state index in [-0.39, 0.29) is 27.2 Å². The molecule has 0 aromatic heterocycles. The first-order valence-corrected chi connectivity index (χ1v) is 24.8. The van der Waals surface area contributed by atoms with Crippen LogP contribution in [0.4, 0.5) is 64.1 Å². The highest BCUT2D eigenvalue weighted by Crippen LogP contribution is 2.40. The molecule has 0 spiro atoms. The molecule has 4 aromatic carbocycles. The maximum atomic E-state index is 14.1. The molecule has 0 saturated carbocycles. The monoisotopic (exact) mass is 1220 g/mol. The van der Waals surface area contributed by atoms with Crippen LogP contribution in [0.5, 0.6) is 11.5 Å². The van der Waals surface area contributed by atoms with Crippen molar-refractivity contribution in [2.75, 3.05) is 32.8 Å². The van der Waals surface area contributed by atoms with Gasteiger partial charge in [-0.1, -0.05) is 68.1 Å². The minimum atomic E-state index is -3.16. The zero-order valence-electron chi connectivity index (χ0n) is 46.7. The number of anilines is 1. The summed E-state index contributed by atoms with van der Waals surface area (Å²) in [5.41, 5.74) is 2.56. The second kappa shape index (κ2) is 33.2. The first kappa shape index (κ1) is 75.5. The van der Waals surface area contributed by atoms with Gasteiger partial charge >= 0.3 is 0 Å². The average molecular weight is 1220 g/mol. The molecule has 3 aliphatic rings. The fourth-order valence-electron chi connectivity index (χ4n) is 6.74. The van der Waals surface area contributed by atoms with E-state index in [2.05, 4.69) is 19.8 Å². The Hall–Kier alpha value is -6.56. The Bertz CT molecular complexity index is 2580. The van der Waals surface area contributed by atoms with Crippen molar-refractivity contribution in [1.82, 2.24) is 10.6 Å². The van der Waals surface area contributed by atoms with Crippen LogP contribution in [0.1, 0.15) is 67.0 Å².